The van der Waals surface area contributed by atoms with Crippen molar-refractivity contribution in [1.82, 2.24) is 15.3 Å². The first-order chi connectivity index (χ1) is 15.8. The van der Waals surface area contributed by atoms with E-state index in [9.17, 15) is 4.79 Å². The number of hydrogen-bond acceptors (Lipinski definition) is 3. The van der Waals surface area contributed by atoms with Crippen molar-refractivity contribution in [1.29, 1.82) is 0 Å². The van der Waals surface area contributed by atoms with Gasteiger partial charge in [-0.2, -0.15) is 0 Å². The number of allylic oxidation sites excluding steroid dienone is 4. The zero-order valence-corrected chi connectivity index (χ0v) is 19.2. The van der Waals surface area contributed by atoms with Crippen molar-refractivity contribution in [3.63, 3.8) is 0 Å². The molecule has 5 aliphatic rings. The maximum Gasteiger partial charge on any atom is 0.223 e. The molecule has 1 N–H and O–H groups in total. The van der Waals surface area contributed by atoms with E-state index in [1.807, 2.05) is 5.57 Å². The van der Waals surface area contributed by atoms with E-state index in [4.69, 9.17) is 0 Å². The van der Waals surface area contributed by atoms with Gasteiger partial charge in [0, 0.05) is 36.3 Å². The molecule has 8 unspecified atom stereocenters. The molecule has 0 bridgehead atoms. The van der Waals surface area contributed by atoms with E-state index in [-0.39, 0.29) is 11.8 Å². The molecule has 4 heteroatoms. The average Bonchev–Trinajstić information content (AvgIpc) is 2.87. The SMILES string of the molecule is O=C(NCc1cncnc1)C1CCC2CCC3C4CCC5CCC=CC5C4=CCC3C2C1. The van der Waals surface area contributed by atoms with E-state index in [0.29, 0.717) is 6.54 Å². The van der Waals surface area contributed by atoms with Crippen molar-refractivity contribution in [3.05, 3.63) is 48.1 Å². The first-order valence-electron chi connectivity index (χ1n) is 13.2. The number of amides is 1. The zero-order valence-electron chi connectivity index (χ0n) is 19.2. The van der Waals surface area contributed by atoms with Gasteiger partial charge in [0.2, 0.25) is 5.91 Å². The van der Waals surface area contributed by atoms with Crippen LogP contribution in [0.5, 0.6) is 0 Å². The predicted molar refractivity (Wildman–Crippen MR) is 125 cm³/mol. The Morgan fingerprint density at radius 1 is 0.938 bits per heavy atom. The summed E-state index contributed by atoms with van der Waals surface area (Å²) in [6.07, 6.45) is 25.8. The molecule has 32 heavy (non-hydrogen) atoms. The van der Waals surface area contributed by atoms with Gasteiger partial charge in [0.25, 0.3) is 0 Å². The highest BCUT2D eigenvalue weighted by atomic mass is 16.1. The molecule has 1 aromatic heterocycles. The molecule has 0 aromatic carbocycles. The summed E-state index contributed by atoms with van der Waals surface area (Å²) in [5.74, 6) is 6.18. The molecular weight excluding hydrogens is 394 g/mol. The molecule has 170 valence electrons. The van der Waals surface area contributed by atoms with Crippen LogP contribution in [0.25, 0.3) is 0 Å². The highest BCUT2D eigenvalue weighted by Gasteiger charge is 2.49. The lowest BCUT2D eigenvalue weighted by Gasteiger charge is -2.54. The maximum atomic E-state index is 13.0. The lowest BCUT2D eigenvalue weighted by molar-refractivity contribution is -0.128. The van der Waals surface area contributed by atoms with Crippen LogP contribution in [0.3, 0.4) is 0 Å². The van der Waals surface area contributed by atoms with Crippen molar-refractivity contribution < 1.29 is 4.79 Å². The molecule has 8 atom stereocenters. The van der Waals surface area contributed by atoms with Crippen molar-refractivity contribution in [2.45, 2.75) is 70.8 Å². The number of fused-ring (bicyclic) bond motifs is 7. The van der Waals surface area contributed by atoms with E-state index in [0.717, 1.165) is 59.8 Å². The third-order valence-electron chi connectivity index (χ3n) is 9.83. The summed E-state index contributed by atoms with van der Waals surface area (Å²) in [4.78, 5) is 21.1. The lowest BCUT2D eigenvalue weighted by atomic mass is 9.51. The third kappa shape index (κ3) is 3.74. The van der Waals surface area contributed by atoms with Gasteiger partial charge in [-0.05, 0) is 99.7 Å². The quantitative estimate of drug-likeness (QED) is 0.645. The smallest absolute Gasteiger partial charge is 0.223 e. The number of hydrogen-bond donors (Lipinski definition) is 1. The maximum absolute atomic E-state index is 13.0. The second kappa shape index (κ2) is 8.76. The molecule has 0 radical (unpaired) electrons. The summed E-state index contributed by atoms with van der Waals surface area (Å²) in [5, 5.41) is 3.17. The van der Waals surface area contributed by atoms with E-state index >= 15 is 0 Å². The summed E-state index contributed by atoms with van der Waals surface area (Å²) < 4.78 is 0. The molecule has 6 rings (SSSR count). The van der Waals surface area contributed by atoms with Crippen LogP contribution in [0.15, 0.2) is 42.5 Å². The Kier molecular flexibility index (Phi) is 5.64. The predicted octanol–water partition coefficient (Wildman–Crippen LogP) is 5.47. The molecule has 1 heterocycles. The Balaban J connectivity index is 1.15. The Bertz CT molecular complexity index is 893. The lowest BCUT2D eigenvalue weighted by Crippen LogP contribution is -2.47. The van der Waals surface area contributed by atoms with Crippen LogP contribution in [-0.4, -0.2) is 15.9 Å². The second-order valence-electron chi connectivity index (χ2n) is 11.2. The number of carbonyl (C=O) groups excluding carboxylic acids is 1. The number of nitrogens with one attached hydrogen (secondary N) is 1. The fraction of sp³-hybridized carbons (Fsp3) is 0.679. The van der Waals surface area contributed by atoms with Gasteiger partial charge in [-0.25, -0.2) is 9.97 Å². The summed E-state index contributed by atoms with van der Waals surface area (Å²) in [7, 11) is 0. The molecule has 5 aliphatic carbocycles. The molecule has 0 saturated heterocycles. The van der Waals surface area contributed by atoms with Crippen molar-refractivity contribution in [3.8, 4) is 0 Å². The zero-order chi connectivity index (χ0) is 21.5. The molecular formula is C28H37N3O. The van der Waals surface area contributed by atoms with E-state index in [2.05, 4.69) is 33.5 Å². The molecule has 3 fully saturated rings. The molecule has 4 nitrogen and oxygen atoms in total. The van der Waals surface area contributed by atoms with E-state index in [1.165, 1.54) is 57.7 Å². The normalized spacial score (nSPS) is 40.2. The molecule has 0 aliphatic heterocycles. The summed E-state index contributed by atoms with van der Waals surface area (Å²) in [5.41, 5.74) is 2.79. The van der Waals surface area contributed by atoms with Crippen LogP contribution < -0.4 is 5.32 Å². The molecule has 0 spiro atoms. The minimum atomic E-state index is 0.182. The van der Waals surface area contributed by atoms with Crippen LogP contribution in [0.4, 0.5) is 0 Å². The Morgan fingerprint density at radius 3 is 2.69 bits per heavy atom. The van der Waals surface area contributed by atoms with Crippen LogP contribution in [0, 0.1) is 47.3 Å². The van der Waals surface area contributed by atoms with Crippen LogP contribution in [-0.2, 0) is 11.3 Å². The Hall–Kier alpha value is -1.97. The van der Waals surface area contributed by atoms with Crippen LogP contribution in [0.1, 0.15) is 69.8 Å². The first kappa shape index (κ1) is 20.6. The Labute approximate surface area is 192 Å². The van der Waals surface area contributed by atoms with Crippen molar-refractivity contribution >= 4 is 5.91 Å². The van der Waals surface area contributed by atoms with Crippen LogP contribution >= 0.6 is 0 Å². The largest absolute Gasteiger partial charge is 0.352 e. The monoisotopic (exact) mass is 431 g/mol. The highest BCUT2D eigenvalue weighted by molar-refractivity contribution is 5.78. The van der Waals surface area contributed by atoms with Gasteiger partial charge in [0.15, 0.2) is 0 Å². The number of nitrogens with zero attached hydrogens (tertiary/aromatic N) is 2. The minimum absolute atomic E-state index is 0.182. The number of rotatable bonds is 3. The van der Waals surface area contributed by atoms with Gasteiger partial charge in [0.1, 0.15) is 6.33 Å². The minimum Gasteiger partial charge on any atom is -0.352 e. The highest BCUT2D eigenvalue weighted by Crippen LogP contribution is 2.58. The number of carbonyl (C=O) groups is 1. The fourth-order valence-electron chi connectivity index (χ4n) is 8.36. The topological polar surface area (TPSA) is 54.9 Å². The van der Waals surface area contributed by atoms with Gasteiger partial charge in [-0.15, -0.1) is 0 Å². The van der Waals surface area contributed by atoms with Gasteiger partial charge in [0.05, 0.1) is 0 Å². The summed E-state index contributed by atoms with van der Waals surface area (Å²) in [6, 6.07) is 0. The van der Waals surface area contributed by atoms with Crippen LogP contribution in [0.2, 0.25) is 0 Å². The van der Waals surface area contributed by atoms with E-state index in [1.54, 1.807) is 12.4 Å². The van der Waals surface area contributed by atoms with E-state index < -0.39 is 0 Å². The standard InChI is InChI=1S/C28H37N3O/c32-28(31-16-18-14-29-17-30-15-18)21-6-5-20-8-10-25-24-9-7-19-3-1-2-4-22(19)23(24)11-12-26(25)27(20)13-21/h2,4,11,14-15,17,19-22,24-27H,1,3,5-10,12-13,16H2,(H,31,32). The van der Waals surface area contributed by atoms with Crippen molar-refractivity contribution in [2.75, 3.05) is 0 Å². The molecule has 3 saturated carbocycles. The second-order valence-corrected chi connectivity index (χ2v) is 11.2. The first-order valence-corrected chi connectivity index (χ1v) is 13.2. The van der Waals surface area contributed by atoms with Gasteiger partial charge >= 0.3 is 0 Å². The van der Waals surface area contributed by atoms with Crippen molar-refractivity contribution in [2.24, 2.45) is 47.3 Å². The summed E-state index contributed by atoms with van der Waals surface area (Å²) in [6.45, 7) is 0.542. The van der Waals surface area contributed by atoms with Gasteiger partial charge in [-0.1, -0.05) is 23.8 Å². The van der Waals surface area contributed by atoms with Gasteiger partial charge in [-0.3, -0.25) is 4.79 Å². The third-order valence-corrected chi connectivity index (χ3v) is 9.83. The summed E-state index contributed by atoms with van der Waals surface area (Å²) >= 11 is 0. The molecule has 1 aromatic rings. The fourth-order valence-corrected chi connectivity index (χ4v) is 8.36. The average molecular weight is 432 g/mol. The molecule has 1 amide bonds. The van der Waals surface area contributed by atoms with Gasteiger partial charge < -0.3 is 5.32 Å². The Morgan fingerprint density at radius 2 is 1.78 bits per heavy atom. The number of aromatic nitrogens is 2.